The summed E-state index contributed by atoms with van der Waals surface area (Å²) >= 11 is 0. The summed E-state index contributed by atoms with van der Waals surface area (Å²) in [4.78, 5) is 13.4. The minimum Gasteiger partial charge on any atom is -0.493 e. The van der Waals surface area contributed by atoms with E-state index in [1.54, 1.807) is 32.2 Å². The van der Waals surface area contributed by atoms with Crippen molar-refractivity contribution < 1.29 is 38.3 Å². The Labute approximate surface area is 247 Å². The Bertz CT molecular complexity index is 1650. The summed E-state index contributed by atoms with van der Waals surface area (Å²) in [6.07, 6.45) is 0.484. The first-order valence-corrected chi connectivity index (χ1v) is 13.8. The Morgan fingerprint density at radius 3 is 2.33 bits per heavy atom. The number of carbonyl (C=O) groups excluding carboxylic acids is 1. The Balaban J connectivity index is 1.32. The maximum Gasteiger partial charge on any atom is 0.310 e. The highest BCUT2D eigenvalue weighted by Gasteiger charge is 2.53. The highest BCUT2D eigenvalue weighted by Crippen LogP contribution is 2.55. The smallest absolute Gasteiger partial charge is 0.310 e. The summed E-state index contributed by atoms with van der Waals surface area (Å²) in [6.45, 7) is 0.255. The largest absolute Gasteiger partial charge is 0.493 e. The van der Waals surface area contributed by atoms with Crippen molar-refractivity contribution in [3.05, 3.63) is 83.2 Å². The Kier molecular flexibility index (Phi) is 6.79. The molecule has 43 heavy (non-hydrogen) atoms. The van der Waals surface area contributed by atoms with Crippen LogP contribution in [0, 0.1) is 11.8 Å². The molecule has 1 aromatic heterocycles. The molecule has 222 valence electrons. The highest BCUT2D eigenvalue weighted by molar-refractivity contribution is 5.79. The summed E-state index contributed by atoms with van der Waals surface area (Å²) in [5, 5.41) is 23.1. The number of aromatic nitrogens is 3. The van der Waals surface area contributed by atoms with Crippen LogP contribution in [0.25, 0.3) is 5.69 Å². The molecular formula is C31H30N4O8. The number of rotatable bonds is 8. The zero-order chi connectivity index (χ0) is 29.7. The minimum absolute atomic E-state index is 0.0886. The molecule has 1 aliphatic carbocycles. The third-order valence-corrected chi connectivity index (χ3v) is 8.38. The number of aliphatic hydroxyl groups excluding tert-OH is 1. The topological polar surface area (TPSA) is 135 Å². The van der Waals surface area contributed by atoms with E-state index in [2.05, 4.69) is 15.6 Å². The number of methoxy groups -OCH3 is 3. The molecule has 2 aliphatic heterocycles. The van der Waals surface area contributed by atoms with Gasteiger partial charge in [0.05, 0.1) is 45.7 Å². The molecule has 0 amide bonds. The number of nitrogens with zero attached hydrogens (tertiary/aromatic N) is 3. The van der Waals surface area contributed by atoms with E-state index in [0.29, 0.717) is 34.4 Å². The van der Waals surface area contributed by atoms with Crippen LogP contribution in [0.15, 0.2) is 60.8 Å². The molecule has 0 saturated carbocycles. The van der Waals surface area contributed by atoms with Gasteiger partial charge in [-0.05, 0) is 53.1 Å². The van der Waals surface area contributed by atoms with E-state index in [1.807, 2.05) is 54.6 Å². The lowest BCUT2D eigenvalue weighted by Gasteiger charge is -2.40. The number of carbonyl (C=O) groups is 1. The van der Waals surface area contributed by atoms with E-state index >= 15 is 0 Å². The van der Waals surface area contributed by atoms with Crippen LogP contribution >= 0.6 is 0 Å². The van der Waals surface area contributed by atoms with Gasteiger partial charge in [-0.3, -0.25) is 10.1 Å². The molecule has 2 N–H and O–H groups in total. The number of cyclic esters (lactones) is 1. The number of fused-ring (bicyclic) bond motifs is 3. The van der Waals surface area contributed by atoms with Gasteiger partial charge in [-0.2, -0.15) is 0 Å². The van der Waals surface area contributed by atoms with Gasteiger partial charge in [0.1, 0.15) is 5.69 Å². The third-order valence-electron chi connectivity index (χ3n) is 8.38. The summed E-state index contributed by atoms with van der Waals surface area (Å²) in [5.74, 6) is 0.874. The number of benzene rings is 3. The average molecular weight is 587 g/mol. The molecule has 1 saturated heterocycles. The van der Waals surface area contributed by atoms with Gasteiger partial charge in [0, 0.05) is 17.9 Å². The van der Waals surface area contributed by atoms with Gasteiger partial charge in [0.25, 0.3) is 0 Å². The van der Waals surface area contributed by atoms with Gasteiger partial charge < -0.3 is 33.5 Å². The van der Waals surface area contributed by atoms with Crippen LogP contribution < -0.4 is 29.0 Å². The van der Waals surface area contributed by atoms with Crippen LogP contribution in [0.2, 0.25) is 0 Å². The number of hydrogen-bond acceptors (Lipinski definition) is 11. The van der Waals surface area contributed by atoms with Gasteiger partial charge in [-0.25, -0.2) is 4.68 Å². The van der Waals surface area contributed by atoms with Gasteiger partial charge >= 0.3 is 5.97 Å². The lowest BCUT2D eigenvalue weighted by Crippen LogP contribution is -2.42. The lowest BCUT2D eigenvalue weighted by atomic mass is 9.65. The van der Waals surface area contributed by atoms with Crippen molar-refractivity contribution in [1.82, 2.24) is 20.3 Å². The number of aliphatic hydroxyl groups is 1. The molecule has 3 heterocycles. The SMILES string of the molecule is COc1cc([C@@H]2c3cc4c(cc3[C@@H](NC(O)c3cn(-c5ccccc5)nn3)[C@H]3COC(=O)[C@H]23)OCO4)cc(OC)c1OC. The lowest BCUT2D eigenvalue weighted by molar-refractivity contribution is -0.141. The van der Waals surface area contributed by atoms with Gasteiger partial charge in [-0.15, -0.1) is 5.10 Å². The normalized spacial score (nSPS) is 22.4. The third kappa shape index (κ3) is 4.50. The minimum atomic E-state index is -1.19. The molecule has 5 atom stereocenters. The predicted octanol–water partition coefficient (Wildman–Crippen LogP) is 3.28. The van der Waals surface area contributed by atoms with Crippen molar-refractivity contribution >= 4 is 5.97 Å². The number of ether oxygens (including phenoxy) is 6. The van der Waals surface area contributed by atoms with Crippen molar-refractivity contribution in [2.45, 2.75) is 18.2 Å². The van der Waals surface area contributed by atoms with Gasteiger partial charge in [0.2, 0.25) is 12.5 Å². The zero-order valence-electron chi connectivity index (χ0n) is 23.7. The molecule has 0 spiro atoms. The fourth-order valence-electron chi connectivity index (χ4n) is 6.42. The standard InChI is InChI=1S/C31H30N4O8/c1-38-24-9-16(10-25(39-2)29(24)40-3)26-18-11-22-23(43-15-42-22)12-19(18)28(20-14-41-31(37)27(20)26)32-30(36)21-13-35(34-33-21)17-7-5-4-6-8-17/h4-13,20,26-28,30,32,36H,14-15H2,1-3H3/t20-,26+,27-,28+,30?/m0/s1. The molecule has 7 rings (SSSR count). The van der Waals surface area contributed by atoms with E-state index in [-0.39, 0.29) is 25.3 Å². The Morgan fingerprint density at radius 1 is 0.953 bits per heavy atom. The molecule has 3 aromatic carbocycles. The second kappa shape index (κ2) is 10.8. The molecule has 3 aliphatic rings. The van der Waals surface area contributed by atoms with Crippen LogP contribution in [0.4, 0.5) is 0 Å². The van der Waals surface area contributed by atoms with Crippen LogP contribution in [0.5, 0.6) is 28.7 Å². The Morgan fingerprint density at radius 2 is 1.65 bits per heavy atom. The first-order valence-electron chi connectivity index (χ1n) is 13.8. The zero-order valence-corrected chi connectivity index (χ0v) is 23.7. The number of esters is 1. The second-order valence-corrected chi connectivity index (χ2v) is 10.6. The molecule has 4 aromatic rings. The molecule has 1 fully saturated rings. The maximum atomic E-state index is 13.4. The first kappa shape index (κ1) is 27.0. The van der Waals surface area contributed by atoms with Gasteiger partial charge in [-0.1, -0.05) is 23.4 Å². The van der Waals surface area contributed by atoms with E-state index in [0.717, 1.165) is 22.4 Å². The first-order chi connectivity index (χ1) is 21.0. The van der Waals surface area contributed by atoms with Crippen molar-refractivity contribution in [3.63, 3.8) is 0 Å². The summed E-state index contributed by atoms with van der Waals surface area (Å²) in [6, 6.07) is 16.5. The van der Waals surface area contributed by atoms with E-state index < -0.39 is 24.1 Å². The van der Waals surface area contributed by atoms with Crippen LogP contribution in [-0.2, 0) is 9.53 Å². The predicted molar refractivity (Wildman–Crippen MR) is 151 cm³/mol. The van der Waals surface area contributed by atoms with Crippen LogP contribution in [0.3, 0.4) is 0 Å². The average Bonchev–Trinajstić information content (AvgIpc) is 3.80. The molecule has 12 heteroatoms. The fraction of sp³-hybridized carbons (Fsp3) is 0.323. The highest BCUT2D eigenvalue weighted by atomic mass is 16.7. The van der Waals surface area contributed by atoms with E-state index in [9.17, 15) is 9.90 Å². The molecule has 0 bridgehead atoms. The van der Waals surface area contributed by atoms with Crippen molar-refractivity contribution in [1.29, 1.82) is 0 Å². The Hall–Kier alpha value is -4.81. The number of hydrogen-bond donors (Lipinski definition) is 2. The van der Waals surface area contributed by atoms with Gasteiger partial charge in [0.15, 0.2) is 29.2 Å². The molecule has 0 radical (unpaired) electrons. The summed E-state index contributed by atoms with van der Waals surface area (Å²) < 4.78 is 35.6. The molecule has 12 nitrogen and oxygen atoms in total. The maximum absolute atomic E-state index is 13.4. The number of nitrogens with one attached hydrogen (secondary N) is 1. The van der Waals surface area contributed by atoms with Crippen LogP contribution in [-0.4, -0.2) is 60.8 Å². The van der Waals surface area contributed by atoms with Crippen molar-refractivity contribution in [2.75, 3.05) is 34.7 Å². The van der Waals surface area contributed by atoms with Crippen molar-refractivity contribution in [3.8, 4) is 34.4 Å². The number of para-hydroxylation sites is 1. The quantitative estimate of drug-likeness (QED) is 0.233. The second-order valence-electron chi connectivity index (χ2n) is 10.6. The van der Waals surface area contributed by atoms with Crippen LogP contribution in [0.1, 0.15) is 40.6 Å². The molecular weight excluding hydrogens is 556 g/mol. The summed E-state index contributed by atoms with van der Waals surface area (Å²) in [5.41, 5.74) is 3.61. The molecule has 1 unspecified atom stereocenters. The monoisotopic (exact) mass is 586 g/mol. The fourth-order valence-corrected chi connectivity index (χ4v) is 6.42. The van der Waals surface area contributed by atoms with E-state index in [4.69, 9.17) is 28.4 Å². The van der Waals surface area contributed by atoms with Crippen molar-refractivity contribution in [2.24, 2.45) is 11.8 Å². The summed E-state index contributed by atoms with van der Waals surface area (Å²) in [7, 11) is 4.65. The van der Waals surface area contributed by atoms with E-state index in [1.165, 1.54) is 0 Å².